The van der Waals surface area contributed by atoms with Crippen molar-refractivity contribution in [3.05, 3.63) is 60.3 Å². The average molecular weight is 335 g/mol. The normalized spacial score (nSPS) is 10.4. The van der Waals surface area contributed by atoms with E-state index in [-0.39, 0.29) is 5.75 Å². The van der Waals surface area contributed by atoms with E-state index < -0.39 is 5.91 Å². The summed E-state index contributed by atoms with van der Waals surface area (Å²) in [7, 11) is 1.48. The Kier molecular flexibility index (Phi) is 4.26. The van der Waals surface area contributed by atoms with Gasteiger partial charge in [0.2, 0.25) is 5.91 Å². The zero-order valence-corrected chi connectivity index (χ0v) is 13.6. The van der Waals surface area contributed by atoms with E-state index in [9.17, 15) is 9.90 Å². The Morgan fingerprint density at radius 3 is 2.36 bits per heavy atom. The minimum atomic E-state index is -0.473. The molecule has 6 nitrogen and oxygen atoms in total. The molecule has 1 heterocycles. The number of phenolic OH excluding ortho intramolecular Hbond substituents is 1. The van der Waals surface area contributed by atoms with E-state index in [0.29, 0.717) is 17.1 Å². The van der Waals surface area contributed by atoms with E-state index in [1.54, 1.807) is 48.7 Å². The lowest BCUT2D eigenvalue weighted by molar-refractivity contribution is 0.100. The summed E-state index contributed by atoms with van der Waals surface area (Å²) in [6, 6.07) is 13.8. The van der Waals surface area contributed by atoms with Gasteiger partial charge in [-0.2, -0.15) is 0 Å². The second kappa shape index (κ2) is 6.52. The summed E-state index contributed by atoms with van der Waals surface area (Å²) in [6.07, 6.45) is 1.66. The molecule has 0 bridgehead atoms. The number of hydrogen-bond donors (Lipinski definition) is 3. The third-order valence-corrected chi connectivity index (χ3v) is 3.91. The zero-order valence-electron chi connectivity index (χ0n) is 13.6. The number of pyridine rings is 1. The molecule has 0 spiro atoms. The number of benzene rings is 2. The molecule has 5 N–H and O–H groups in total. The number of hydrogen-bond acceptors (Lipinski definition) is 5. The lowest BCUT2D eigenvalue weighted by Crippen LogP contribution is -2.10. The van der Waals surface area contributed by atoms with Crippen molar-refractivity contribution in [2.75, 3.05) is 12.8 Å². The molecule has 3 aromatic rings. The monoisotopic (exact) mass is 335 g/mol. The van der Waals surface area contributed by atoms with Crippen LogP contribution in [0, 0.1) is 0 Å². The number of nitrogens with zero attached hydrogens (tertiary/aromatic N) is 1. The van der Waals surface area contributed by atoms with Crippen LogP contribution in [0.25, 0.3) is 22.3 Å². The number of amides is 1. The number of anilines is 1. The van der Waals surface area contributed by atoms with Gasteiger partial charge in [0.25, 0.3) is 0 Å². The molecule has 25 heavy (non-hydrogen) atoms. The molecule has 0 atom stereocenters. The predicted molar refractivity (Wildman–Crippen MR) is 96.3 cm³/mol. The largest absolute Gasteiger partial charge is 0.504 e. The molecule has 2 aromatic carbocycles. The van der Waals surface area contributed by atoms with E-state index in [2.05, 4.69) is 4.98 Å². The van der Waals surface area contributed by atoms with Crippen molar-refractivity contribution in [1.82, 2.24) is 4.98 Å². The van der Waals surface area contributed by atoms with Gasteiger partial charge in [-0.15, -0.1) is 0 Å². The number of rotatable bonds is 4. The SMILES string of the molecule is COc1cc(-c2cc(-c3ccc(C(N)=O)cc3)cnc2N)ccc1O. The number of carbonyl (C=O) groups is 1. The summed E-state index contributed by atoms with van der Waals surface area (Å²) in [5.74, 6) is 0.299. The van der Waals surface area contributed by atoms with Gasteiger partial charge >= 0.3 is 0 Å². The van der Waals surface area contributed by atoms with Crippen LogP contribution in [-0.2, 0) is 0 Å². The molecule has 0 saturated heterocycles. The van der Waals surface area contributed by atoms with Crippen LogP contribution in [0.2, 0.25) is 0 Å². The second-order valence-electron chi connectivity index (χ2n) is 5.49. The van der Waals surface area contributed by atoms with E-state index >= 15 is 0 Å². The first kappa shape index (κ1) is 16.3. The molecule has 0 saturated carbocycles. The van der Waals surface area contributed by atoms with E-state index in [4.69, 9.17) is 16.2 Å². The van der Waals surface area contributed by atoms with Crippen LogP contribution in [0.3, 0.4) is 0 Å². The van der Waals surface area contributed by atoms with Crippen LogP contribution >= 0.6 is 0 Å². The van der Waals surface area contributed by atoms with Crippen LogP contribution in [0.4, 0.5) is 5.82 Å². The van der Waals surface area contributed by atoms with Crippen molar-refractivity contribution in [1.29, 1.82) is 0 Å². The third kappa shape index (κ3) is 3.23. The number of nitrogen functional groups attached to an aromatic ring is 1. The summed E-state index contributed by atoms with van der Waals surface area (Å²) >= 11 is 0. The standard InChI is InChI=1S/C19H17N3O3/c1-25-17-9-13(6-7-16(17)23)15-8-14(10-22-18(15)20)11-2-4-12(5-3-11)19(21)24/h2-10,23H,1H3,(H2,20,22)(H2,21,24). The van der Waals surface area contributed by atoms with Gasteiger partial charge in [0, 0.05) is 22.9 Å². The summed E-state index contributed by atoms with van der Waals surface area (Å²) in [5, 5.41) is 9.74. The maximum absolute atomic E-state index is 11.2. The first-order chi connectivity index (χ1) is 12.0. The maximum atomic E-state index is 11.2. The number of methoxy groups -OCH3 is 1. The Balaban J connectivity index is 2.05. The highest BCUT2D eigenvalue weighted by atomic mass is 16.5. The fourth-order valence-corrected chi connectivity index (χ4v) is 2.54. The first-order valence-corrected chi connectivity index (χ1v) is 7.52. The Morgan fingerprint density at radius 1 is 1.04 bits per heavy atom. The van der Waals surface area contributed by atoms with Crippen LogP contribution in [-0.4, -0.2) is 23.1 Å². The van der Waals surface area contributed by atoms with Crippen molar-refractivity contribution in [3.8, 4) is 33.8 Å². The molecular weight excluding hydrogens is 318 g/mol. The second-order valence-corrected chi connectivity index (χ2v) is 5.49. The topological polar surface area (TPSA) is 111 Å². The fraction of sp³-hybridized carbons (Fsp3) is 0.0526. The molecule has 126 valence electrons. The number of nitrogens with two attached hydrogens (primary N) is 2. The van der Waals surface area contributed by atoms with Gasteiger partial charge in [-0.05, 0) is 41.5 Å². The average Bonchev–Trinajstić information content (AvgIpc) is 2.63. The molecule has 1 amide bonds. The van der Waals surface area contributed by atoms with Crippen LogP contribution in [0.5, 0.6) is 11.5 Å². The number of carbonyl (C=O) groups excluding carboxylic acids is 1. The summed E-state index contributed by atoms with van der Waals surface area (Å²) in [4.78, 5) is 15.4. The summed E-state index contributed by atoms with van der Waals surface area (Å²) in [5.41, 5.74) is 14.9. The van der Waals surface area contributed by atoms with Crippen molar-refractivity contribution in [2.24, 2.45) is 5.73 Å². The molecular formula is C19H17N3O3. The Hall–Kier alpha value is -3.54. The van der Waals surface area contributed by atoms with Gasteiger partial charge in [0.15, 0.2) is 11.5 Å². The molecule has 0 aliphatic carbocycles. The number of aromatic nitrogens is 1. The van der Waals surface area contributed by atoms with Crippen LogP contribution < -0.4 is 16.2 Å². The number of phenols is 1. The van der Waals surface area contributed by atoms with E-state index in [1.165, 1.54) is 7.11 Å². The lowest BCUT2D eigenvalue weighted by Gasteiger charge is -2.11. The van der Waals surface area contributed by atoms with Crippen molar-refractivity contribution < 1.29 is 14.6 Å². The number of ether oxygens (including phenoxy) is 1. The highest BCUT2D eigenvalue weighted by molar-refractivity contribution is 5.93. The molecule has 0 unspecified atom stereocenters. The molecule has 0 aliphatic heterocycles. The first-order valence-electron chi connectivity index (χ1n) is 7.52. The van der Waals surface area contributed by atoms with Crippen molar-refractivity contribution >= 4 is 11.7 Å². The maximum Gasteiger partial charge on any atom is 0.248 e. The summed E-state index contributed by atoms with van der Waals surface area (Å²) < 4.78 is 5.14. The molecule has 0 radical (unpaired) electrons. The van der Waals surface area contributed by atoms with E-state index in [1.807, 2.05) is 6.07 Å². The predicted octanol–water partition coefficient (Wildman–Crippen LogP) is 2.81. The van der Waals surface area contributed by atoms with Crippen molar-refractivity contribution in [3.63, 3.8) is 0 Å². The Bertz CT molecular complexity index is 937. The highest BCUT2D eigenvalue weighted by Gasteiger charge is 2.10. The number of aromatic hydroxyl groups is 1. The van der Waals surface area contributed by atoms with Gasteiger partial charge in [0.1, 0.15) is 5.82 Å². The summed E-state index contributed by atoms with van der Waals surface area (Å²) in [6.45, 7) is 0. The smallest absolute Gasteiger partial charge is 0.248 e. The van der Waals surface area contributed by atoms with Crippen molar-refractivity contribution in [2.45, 2.75) is 0 Å². The van der Waals surface area contributed by atoms with Crippen LogP contribution in [0.15, 0.2) is 54.7 Å². The van der Waals surface area contributed by atoms with Gasteiger partial charge < -0.3 is 21.3 Å². The van der Waals surface area contributed by atoms with Gasteiger partial charge in [-0.1, -0.05) is 18.2 Å². The Morgan fingerprint density at radius 2 is 1.72 bits per heavy atom. The molecule has 0 fully saturated rings. The van der Waals surface area contributed by atoms with Gasteiger partial charge in [0.05, 0.1) is 7.11 Å². The molecule has 1 aromatic heterocycles. The zero-order chi connectivity index (χ0) is 18.0. The highest BCUT2D eigenvalue weighted by Crippen LogP contribution is 2.35. The fourth-order valence-electron chi connectivity index (χ4n) is 2.54. The lowest BCUT2D eigenvalue weighted by atomic mass is 10.00. The minimum absolute atomic E-state index is 0.0518. The van der Waals surface area contributed by atoms with E-state index in [0.717, 1.165) is 22.3 Å². The minimum Gasteiger partial charge on any atom is -0.504 e. The number of primary amides is 1. The third-order valence-electron chi connectivity index (χ3n) is 3.91. The molecule has 3 rings (SSSR count). The molecule has 6 heteroatoms. The van der Waals surface area contributed by atoms with Gasteiger partial charge in [-0.3, -0.25) is 4.79 Å². The van der Waals surface area contributed by atoms with Gasteiger partial charge in [-0.25, -0.2) is 4.98 Å². The quantitative estimate of drug-likeness (QED) is 0.679. The van der Waals surface area contributed by atoms with Crippen LogP contribution in [0.1, 0.15) is 10.4 Å². The molecule has 0 aliphatic rings. The Labute approximate surface area is 144 Å².